The van der Waals surface area contributed by atoms with Crippen LogP contribution in [-0.2, 0) is 9.47 Å². The Bertz CT molecular complexity index is 353. The minimum atomic E-state index is -5.48. The summed E-state index contributed by atoms with van der Waals surface area (Å²) in [4.78, 5) is 0. The van der Waals surface area contributed by atoms with Crippen molar-refractivity contribution in [3.8, 4) is 0 Å². The lowest BCUT2D eigenvalue weighted by atomic mass is 9.67. The molecule has 1 fully saturated rings. The molecule has 0 radical (unpaired) electrons. The van der Waals surface area contributed by atoms with Gasteiger partial charge in [-0.2, -0.15) is 13.2 Å². The first-order valence-corrected chi connectivity index (χ1v) is 5.41. The summed E-state index contributed by atoms with van der Waals surface area (Å²) in [5.41, 5.74) is -8.59. The van der Waals surface area contributed by atoms with Gasteiger partial charge in [-0.15, -0.1) is 0 Å². The molecule has 0 aromatic carbocycles. The highest BCUT2D eigenvalue weighted by atomic mass is 19.3. The van der Waals surface area contributed by atoms with Crippen molar-refractivity contribution < 1.29 is 46.0 Å². The summed E-state index contributed by atoms with van der Waals surface area (Å²) in [6.07, 6.45) is -1.94. The number of ether oxygens (including phenoxy) is 2. The second kappa shape index (κ2) is 4.72. The quantitative estimate of drug-likeness (QED) is 0.762. The van der Waals surface area contributed by atoms with Gasteiger partial charge in [0.1, 0.15) is 0 Å². The van der Waals surface area contributed by atoms with Crippen molar-refractivity contribution in [1.29, 1.82) is 0 Å². The van der Waals surface area contributed by atoms with Crippen LogP contribution in [0.25, 0.3) is 0 Å². The highest BCUT2D eigenvalue weighted by molar-refractivity contribution is 5.23. The van der Waals surface area contributed by atoms with Crippen molar-refractivity contribution in [1.82, 2.24) is 0 Å². The van der Waals surface area contributed by atoms with E-state index in [1.165, 1.54) is 0 Å². The summed E-state index contributed by atoms with van der Waals surface area (Å²) < 4.78 is 92.4. The predicted molar refractivity (Wildman–Crippen MR) is 53.1 cm³/mol. The van der Waals surface area contributed by atoms with Gasteiger partial charge >= 0.3 is 11.8 Å². The maximum absolute atomic E-state index is 14.2. The van der Waals surface area contributed by atoms with Gasteiger partial charge < -0.3 is 19.7 Å². The summed E-state index contributed by atoms with van der Waals surface area (Å²) >= 11 is 0. The number of methoxy groups -OCH3 is 2. The monoisotopic (exact) mass is 312 g/mol. The fourth-order valence-electron chi connectivity index (χ4n) is 2.29. The highest BCUT2D eigenvalue weighted by Gasteiger charge is 2.88. The van der Waals surface area contributed by atoms with E-state index in [9.17, 15) is 26.3 Å². The zero-order valence-corrected chi connectivity index (χ0v) is 10.6. The van der Waals surface area contributed by atoms with E-state index in [1.54, 1.807) is 0 Å². The molecule has 1 aliphatic carbocycles. The van der Waals surface area contributed by atoms with Crippen molar-refractivity contribution in [2.24, 2.45) is 0 Å². The third kappa shape index (κ3) is 1.65. The van der Waals surface area contributed by atoms with Crippen LogP contribution in [0.3, 0.4) is 0 Å². The molecule has 0 aliphatic heterocycles. The Labute approximate surface area is 110 Å². The van der Waals surface area contributed by atoms with Crippen molar-refractivity contribution in [3.05, 3.63) is 0 Å². The van der Waals surface area contributed by atoms with Gasteiger partial charge in [-0.3, -0.25) is 0 Å². The van der Waals surface area contributed by atoms with Crippen LogP contribution in [0.5, 0.6) is 0 Å². The molecule has 1 saturated carbocycles. The van der Waals surface area contributed by atoms with E-state index in [0.29, 0.717) is 14.2 Å². The molecule has 4 atom stereocenters. The zero-order valence-electron chi connectivity index (χ0n) is 10.6. The van der Waals surface area contributed by atoms with Gasteiger partial charge in [0.15, 0.2) is 5.67 Å². The van der Waals surface area contributed by atoms with E-state index in [-0.39, 0.29) is 0 Å². The molecule has 2 N–H and O–H groups in total. The van der Waals surface area contributed by atoms with Crippen LogP contribution in [0.2, 0.25) is 0 Å². The molecular formula is C10H14F6O4. The van der Waals surface area contributed by atoms with Gasteiger partial charge in [0.2, 0.25) is 5.67 Å². The minimum Gasteiger partial charge on any atom is -0.393 e. The number of halogens is 6. The van der Waals surface area contributed by atoms with Crippen LogP contribution in [0.1, 0.15) is 6.42 Å². The number of aliphatic hydroxyl groups excluding tert-OH is 2. The molecule has 0 heterocycles. The summed E-state index contributed by atoms with van der Waals surface area (Å²) in [6, 6.07) is 0. The van der Waals surface area contributed by atoms with Crippen LogP contribution in [-0.4, -0.2) is 66.6 Å². The Morgan fingerprint density at radius 2 is 1.40 bits per heavy atom. The van der Waals surface area contributed by atoms with Gasteiger partial charge in [0, 0.05) is 14.2 Å². The van der Waals surface area contributed by atoms with Crippen LogP contribution in [0.15, 0.2) is 0 Å². The van der Waals surface area contributed by atoms with Crippen LogP contribution in [0, 0.1) is 0 Å². The van der Waals surface area contributed by atoms with Crippen LogP contribution in [0.4, 0.5) is 26.3 Å². The van der Waals surface area contributed by atoms with Gasteiger partial charge in [0.05, 0.1) is 19.6 Å². The maximum atomic E-state index is 14.2. The van der Waals surface area contributed by atoms with Crippen LogP contribution < -0.4 is 0 Å². The topological polar surface area (TPSA) is 58.9 Å². The van der Waals surface area contributed by atoms with Crippen molar-refractivity contribution in [2.75, 3.05) is 27.4 Å². The van der Waals surface area contributed by atoms with E-state index in [0.717, 1.165) is 0 Å². The molecule has 0 saturated heterocycles. The summed E-state index contributed by atoms with van der Waals surface area (Å²) in [5.74, 6) is -14.3. The Balaban J connectivity index is 3.61. The first-order valence-electron chi connectivity index (χ1n) is 5.41. The zero-order chi connectivity index (χ0) is 16.0. The predicted octanol–water partition coefficient (Wildman–Crippen LogP) is 1.05. The van der Waals surface area contributed by atoms with Crippen molar-refractivity contribution in [2.45, 2.75) is 35.4 Å². The first kappa shape index (κ1) is 17.5. The molecule has 10 heteroatoms. The average molecular weight is 312 g/mol. The van der Waals surface area contributed by atoms with E-state index >= 15 is 0 Å². The molecule has 4 nitrogen and oxygen atoms in total. The molecule has 0 amide bonds. The first-order chi connectivity index (χ1) is 8.95. The molecule has 20 heavy (non-hydrogen) atoms. The third-order valence-corrected chi connectivity index (χ3v) is 3.67. The molecule has 0 aromatic heterocycles. The van der Waals surface area contributed by atoms with Crippen molar-refractivity contribution >= 4 is 0 Å². The molecule has 0 bridgehead atoms. The fraction of sp³-hybridized carbons (Fsp3) is 1.00. The number of rotatable bonds is 4. The summed E-state index contributed by atoms with van der Waals surface area (Å²) in [7, 11) is 0.759. The Morgan fingerprint density at radius 1 is 0.900 bits per heavy atom. The van der Waals surface area contributed by atoms with E-state index < -0.39 is 48.6 Å². The van der Waals surface area contributed by atoms with E-state index in [4.69, 9.17) is 10.2 Å². The van der Waals surface area contributed by atoms with Gasteiger partial charge in [-0.05, 0) is 0 Å². The lowest BCUT2D eigenvalue weighted by molar-refractivity contribution is -0.450. The second-order valence-corrected chi connectivity index (χ2v) is 4.57. The smallest absolute Gasteiger partial charge is 0.350 e. The highest BCUT2D eigenvalue weighted by Crippen LogP contribution is 2.62. The van der Waals surface area contributed by atoms with Crippen LogP contribution >= 0.6 is 0 Å². The number of aliphatic hydroxyl groups is 2. The molecule has 120 valence electrons. The molecule has 4 unspecified atom stereocenters. The van der Waals surface area contributed by atoms with Gasteiger partial charge in [-0.25, -0.2) is 13.2 Å². The van der Waals surface area contributed by atoms with E-state index in [1.807, 2.05) is 0 Å². The second-order valence-electron chi connectivity index (χ2n) is 4.57. The fourth-order valence-corrected chi connectivity index (χ4v) is 2.29. The normalized spacial score (nSPS) is 48.3. The Morgan fingerprint density at radius 3 is 1.70 bits per heavy atom. The number of alkyl halides is 6. The van der Waals surface area contributed by atoms with Gasteiger partial charge in [-0.1, -0.05) is 0 Å². The molecule has 1 aliphatic rings. The Hall–Kier alpha value is -0.580. The average Bonchev–Trinajstić information content (AvgIpc) is 2.42. The number of hydrogen-bond donors (Lipinski definition) is 2. The van der Waals surface area contributed by atoms with E-state index in [2.05, 4.69) is 9.47 Å². The minimum absolute atomic E-state index is 0.309. The van der Waals surface area contributed by atoms with Crippen molar-refractivity contribution in [3.63, 3.8) is 0 Å². The molecular weight excluding hydrogens is 298 g/mol. The summed E-state index contributed by atoms with van der Waals surface area (Å²) in [6.45, 7) is -4.12. The lowest BCUT2D eigenvalue weighted by Gasteiger charge is -2.55. The SMILES string of the molecule is COC1(F)CC(F)(CO)C(F)(CO)C(F)(F)C1(F)OC. The molecule has 0 spiro atoms. The molecule has 0 aromatic rings. The standard InChI is InChI=1S/C10H14F6O4/c1-19-8(13)3-6(11,4-17)7(12,5-18)9(14,15)10(8,16)20-2/h17-18H,3-5H2,1-2H3. The number of hydrogen-bond acceptors (Lipinski definition) is 4. The van der Waals surface area contributed by atoms with Gasteiger partial charge in [0.25, 0.3) is 5.85 Å². The maximum Gasteiger partial charge on any atom is 0.350 e. The largest absolute Gasteiger partial charge is 0.393 e. The Kier molecular flexibility index (Phi) is 4.12. The summed E-state index contributed by atoms with van der Waals surface area (Å²) in [5, 5.41) is 17.5. The molecule has 1 rings (SSSR count). The lowest BCUT2D eigenvalue weighted by Crippen LogP contribution is -2.81. The third-order valence-electron chi connectivity index (χ3n) is 3.67.